The number of halogens is 2. The molecule has 0 aliphatic carbocycles. The molecule has 0 heterocycles. The van der Waals surface area contributed by atoms with Crippen molar-refractivity contribution in [3.63, 3.8) is 0 Å². The molecular formula is C22H26Cl2N2O3. The van der Waals surface area contributed by atoms with Crippen molar-refractivity contribution >= 4 is 35.0 Å². The number of hydrogen-bond donors (Lipinski definition) is 1. The molecule has 0 fully saturated rings. The molecule has 5 nitrogen and oxygen atoms in total. The van der Waals surface area contributed by atoms with Gasteiger partial charge in [-0.05, 0) is 44.0 Å². The number of rotatable bonds is 9. The van der Waals surface area contributed by atoms with Crippen molar-refractivity contribution in [1.82, 2.24) is 10.2 Å². The van der Waals surface area contributed by atoms with Crippen molar-refractivity contribution in [3.8, 4) is 5.75 Å². The van der Waals surface area contributed by atoms with Crippen LogP contribution >= 0.6 is 23.2 Å². The van der Waals surface area contributed by atoms with Crippen LogP contribution in [-0.4, -0.2) is 35.4 Å². The maximum absolute atomic E-state index is 13.0. The molecule has 2 rings (SSSR count). The van der Waals surface area contributed by atoms with E-state index in [9.17, 15) is 9.59 Å². The zero-order chi connectivity index (χ0) is 21.4. The molecule has 2 amide bonds. The highest BCUT2D eigenvalue weighted by Crippen LogP contribution is 2.24. The molecule has 0 unspecified atom stereocenters. The number of para-hydroxylation sites is 1. The minimum absolute atomic E-state index is 0.0154. The first-order chi connectivity index (χ1) is 13.8. The lowest BCUT2D eigenvalue weighted by molar-refractivity contribution is -0.142. The number of benzene rings is 2. The fourth-order valence-corrected chi connectivity index (χ4v) is 3.03. The number of nitrogens with one attached hydrogen (secondary N) is 1. The average Bonchev–Trinajstić information content (AvgIpc) is 2.71. The van der Waals surface area contributed by atoms with Crippen LogP contribution in [0.15, 0.2) is 48.5 Å². The fraction of sp³-hybridized carbons (Fsp3) is 0.364. The SMILES string of the molecule is CC[C@@H](C)NC(=O)[C@H](C)N(Cc1ccccc1Cl)C(=O)COc1ccccc1Cl. The van der Waals surface area contributed by atoms with E-state index in [2.05, 4.69) is 5.32 Å². The summed E-state index contributed by atoms with van der Waals surface area (Å²) in [5.41, 5.74) is 0.753. The van der Waals surface area contributed by atoms with E-state index in [1.165, 1.54) is 4.90 Å². The Kier molecular flexibility index (Phi) is 8.80. The van der Waals surface area contributed by atoms with E-state index in [4.69, 9.17) is 27.9 Å². The monoisotopic (exact) mass is 436 g/mol. The summed E-state index contributed by atoms with van der Waals surface area (Å²) >= 11 is 12.4. The number of amides is 2. The molecule has 1 N–H and O–H groups in total. The van der Waals surface area contributed by atoms with E-state index in [1.807, 2.05) is 32.0 Å². The molecule has 2 aromatic carbocycles. The van der Waals surface area contributed by atoms with Gasteiger partial charge < -0.3 is 15.0 Å². The summed E-state index contributed by atoms with van der Waals surface area (Å²) in [6.07, 6.45) is 0.798. The Hall–Kier alpha value is -2.24. The summed E-state index contributed by atoms with van der Waals surface area (Å²) in [5, 5.41) is 3.87. The van der Waals surface area contributed by atoms with E-state index < -0.39 is 6.04 Å². The predicted molar refractivity (Wildman–Crippen MR) is 116 cm³/mol. The number of carbonyl (C=O) groups is 2. The molecule has 0 saturated heterocycles. The Labute approximate surface area is 181 Å². The van der Waals surface area contributed by atoms with Crippen molar-refractivity contribution in [3.05, 3.63) is 64.1 Å². The molecule has 2 aromatic rings. The van der Waals surface area contributed by atoms with Crippen LogP contribution in [0.3, 0.4) is 0 Å². The van der Waals surface area contributed by atoms with Gasteiger partial charge in [0.1, 0.15) is 11.8 Å². The van der Waals surface area contributed by atoms with Gasteiger partial charge in [-0.3, -0.25) is 9.59 Å². The summed E-state index contributed by atoms with van der Waals surface area (Å²) in [6, 6.07) is 13.5. The average molecular weight is 437 g/mol. The van der Waals surface area contributed by atoms with Crippen LogP contribution < -0.4 is 10.1 Å². The second-order valence-corrected chi connectivity index (χ2v) is 7.64. The van der Waals surface area contributed by atoms with Gasteiger partial charge in [0.15, 0.2) is 6.61 Å². The van der Waals surface area contributed by atoms with Crippen LogP contribution in [-0.2, 0) is 16.1 Å². The van der Waals surface area contributed by atoms with Gasteiger partial charge in [0.05, 0.1) is 5.02 Å². The normalized spacial score (nSPS) is 12.7. The topological polar surface area (TPSA) is 58.6 Å². The van der Waals surface area contributed by atoms with E-state index in [0.29, 0.717) is 15.8 Å². The molecule has 0 aromatic heterocycles. The first kappa shape index (κ1) is 23.0. The molecule has 7 heteroatoms. The quantitative estimate of drug-likeness (QED) is 0.619. The molecular weight excluding hydrogens is 411 g/mol. The molecule has 0 saturated carbocycles. The van der Waals surface area contributed by atoms with Crippen LogP contribution in [0.25, 0.3) is 0 Å². The van der Waals surface area contributed by atoms with Crippen LogP contribution in [0.2, 0.25) is 10.0 Å². The van der Waals surface area contributed by atoms with Gasteiger partial charge in [-0.25, -0.2) is 0 Å². The van der Waals surface area contributed by atoms with E-state index in [1.54, 1.807) is 37.3 Å². The molecule has 0 aliphatic rings. The van der Waals surface area contributed by atoms with Crippen LogP contribution in [0.5, 0.6) is 5.75 Å². The number of hydrogen-bond acceptors (Lipinski definition) is 3. The van der Waals surface area contributed by atoms with Gasteiger partial charge in [-0.2, -0.15) is 0 Å². The van der Waals surface area contributed by atoms with Crippen LogP contribution in [0.4, 0.5) is 0 Å². The molecule has 0 spiro atoms. The summed E-state index contributed by atoms with van der Waals surface area (Å²) in [7, 11) is 0. The number of ether oxygens (including phenoxy) is 1. The van der Waals surface area contributed by atoms with Crippen molar-refractivity contribution in [2.75, 3.05) is 6.61 Å². The van der Waals surface area contributed by atoms with Gasteiger partial charge in [0.25, 0.3) is 5.91 Å². The Balaban J connectivity index is 2.18. The summed E-state index contributed by atoms with van der Waals surface area (Å²) in [5.74, 6) is -0.147. The molecule has 0 aliphatic heterocycles. The lowest BCUT2D eigenvalue weighted by atomic mass is 10.1. The highest BCUT2D eigenvalue weighted by Gasteiger charge is 2.27. The van der Waals surface area contributed by atoms with Crippen molar-refractivity contribution in [1.29, 1.82) is 0 Å². The second kappa shape index (κ2) is 11.1. The van der Waals surface area contributed by atoms with Gasteiger partial charge >= 0.3 is 0 Å². The first-order valence-corrected chi connectivity index (χ1v) is 10.3. The third kappa shape index (κ3) is 6.65. The minimum atomic E-state index is -0.692. The Morgan fingerprint density at radius 1 is 1.03 bits per heavy atom. The van der Waals surface area contributed by atoms with E-state index >= 15 is 0 Å². The third-order valence-corrected chi connectivity index (χ3v) is 5.34. The van der Waals surface area contributed by atoms with Crippen molar-refractivity contribution < 1.29 is 14.3 Å². The Morgan fingerprint density at radius 2 is 1.66 bits per heavy atom. The molecule has 29 heavy (non-hydrogen) atoms. The van der Waals surface area contributed by atoms with Gasteiger partial charge in [0.2, 0.25) is 5.91 Å². The van der Waals surface area contributed by atoms with Gasteiger partial charge in [-0.1, -0.05) is 60.5 Å². The molecule has 2 atom stereocenters. The molecule has 156 valence electrons. The molecule has 0 bridgehead atoms. The first-order valence-electron chi connectivity index (χ1n) is 9.54. The fourth-order valence-electron chi connectivity index (χ4n) is 2.64. The van der Waals surface area contributed by atoms with Crippen molar-refractivity contribution in [2.24, 2.45) is 0 Å². The number of carbonyl (C=O) groups excluding carboxylic acids is 2. The van der Waals surface area contributed by atoms with Crippen molar-refractivity contribution in [2.45, 2.75) is 45.8 Å². The Morgan fingerprint density at radius 3 is 2.28 bits per heavy atom. The maximum Gasteiger partial charge on any atom is 0.261 e. The zero-order valence-corrected chi connectivity index (χ0v) is 18.3. The Bertz CT molecular complexity index is 844. The van der Waals surface area contributed by atoms with E-state index in [0.717, 1.165) is 12.0 Å². The maximum atomic E-state index is 13.0. The van der Waals surface area contributed by atoms with Crippen LogP contribution in [0, 0.1) is 0 Å². The summed E-state index contributed by atoms with van der Waals surface area (Å²) < 4.78 is 5.59. The van der Waals surface area contributed by atoms with Gasteiger partial charge in [0, 0.05) is 17.6 Å². The second-order valence-electron chi connectivity index (χ2n) is 6.83. The number of nitrogens with zero attached hydrogens (tertiary/aromatic N) is 1. The lowest BCUT2D eigenvalue weighted by Gasteiger charge is -2.30. The summed E-state index contributed by atoms with van der Waals surface area (Å²) in [4.78, 5) is 27.1. The zero-order valence-electron chi connectivity index (χ0n) is 16.8. The third-order valence-electron chi connectivity index (χ3n) is 4.65. The summed E-state index contributed by atoms with van der Waals surface area (Å²) in [6.45, 7) is 5.56. The van der Waals surface area contributed by atoms with Gasteiger partial charge in [-0.15, -0.1) is 0 Å². The molecule has 0 radical (unpaired) electrons. The highest BCUT2D eigenvalue weighted by molar-refractivity contribution is 6.32. The highest BCUT2D eigenvalue weighted by atomic mass is 35.5. The smallest absolute Gasteiger partial charge is 0.261 e. The lowest BCUT2D eigenvalue weighted by Crippen LogP contribution is -2.50. The predicted octanol–water partition coefficient (Wildman–Crippen LogP) is 4.70. The minimum Gasteiger partial charge on any atom is -0.482 e. The standard InChI is InChI=1S/C22H26Cl2N2O3/c1-4-15(2)25-22(28)16(3)26(13-17-9-5-6-10-18(17)23)21(27)14-29-20-12-8-7-11-19(20)24/h5-12,15-16H,4,13-14H2,1-3H3,(H,25,28)/t15-,16+/m1/s1. The van der Waals surface area contributed by atoms with E-state index in [-0.39, 0.29) is 31.0 Å². The largest absolute Gasteiger partial charge is 0.482 e. The van der Waals surface area contributed by atoms with Crippen LogP contribution in [0.1, 0.15) is 32.8 Å².